The molecule has 1 unspecified atom stereocenters. The monoisotopic (exact) mass is 295 g/mol. The molecular formula is C18H17NO3. The van der Waals surface area contributed by atoms with E-state index in [1.807, 2.05) is 67.7 Å². The maximum absolute atomic E-state index is 12.3. The minimum absolute atomic E-state index is 0.288. The molecule has 0 bridgehead atoms. The molecule has 1 atom stereocenters. The molecule has 0 fully saturated rings. The number of methoxy groups -OCH3 is 1. The smallest absolute Gasteiger partial charge is 0.339 e. The molecule has 0 spiro atoms. The van der Waals surface area contributed by atoms with Crippen molar-refractivity contribution in [3.8, 4) is 0 Å². The van der Waals surface area contributed by atoms with Crippen molar-refractivity contribution >= 4 is 11.7 Å². The summed E-state index contributed by atoms with van der Waals surface area (Å²) in [6, 6.07) is 19.1. The fraction of sp³-hybridized carbons (Fsp3) is 0.167. The molecule has 0 N–H and O–H groups in total. The quantitative estimate of drug-likeness (QED) is 0.815. The van der Waals surface area contributed by atoms with Crippen molar-refractivity contribution in [1.29, 1.82) is 0 Å². The summed E-state index contributed by atoms with van der Waals surface area (Å²) < 4.78 is 4.98. The Hall–Kier alpha value is -2.59. The lowest BCUT2D eigenvalue weighted by molar-refractivity contribution is -0.137. The first-order valence-electron chi connectivity index (χ1n) is 7.06. The predicted octanol–water partition coefficient (Wildman–Crippen LogP) is 3.19. The molecule has 2 aromatic rings. The van der Waals surface area contributed by atoms with Crippen molar-refractivity contribution in [2.75, 3.05) is 14.2 Å². The van der Waals surface area contributed by atoms with Gasteiger partial charge >= 0.3 is 5.97 Å². The molecule has 3 rings (SSSR count). The summed E-state index contributed by atoms with van der Waals surface area (Å²) in [5.41, 5.74) is 2.35. The van der Waals surface area contributed by atoms with Crippen LogP contribution >= 0.6 is 0 Å². The Bertz CT molecular complexity index is 695. The molecule has 0 amide bonds. The Balaban J connectivity index is 2.14. The largest absolute Gasteiger partial charge is 0.465 e. The highest BCUT2D eigenvalue weighted by molar-refractivity contribution is 5.98. The van der Waals surface area contributed by atoms with Gasteiger partial charge < -0.3 is 9.57 Å². The molecule has 1 heterocycles. The molecule has 0 radical (unpaired) electrons. The van der Waals surface area contributed by atoms with Gasteiger partial charge in [0.15, 0.2) is 5.76 Å². The van der Waals surface area contributed by atoms with E-state index in [4.69, 9.17) is 9.57 Å². The van der Waals surface area contributed by atoms with Crippen molar-refractivity contribution in [2.45, 2.75) is 6.04 Å². The molecule has 0 aliphatic carbocycles. The van der Waals surface area contributed by atoms with Crippen molar-refractivity contribution in [1.82, 2.24) is 5.06 Å². The molecule has 0 aromatic heterocycles. The summed E-state index contributed by atoms with van der Waals surface area (Å²) in [5, 5.41) is 1.68. The Morgan fingerprint density at radius 1 is 1.05 bits per heavy atom. The van der Waals surface area contributed by atoms with Gasteiger partial charge in [-0.1, -0.05) is 60.7 Å². The highest BCUT2D eigenvalue weighted by Gasteiger charge is 2.39. The zero-order chi connectivity index (χ0) is 15.5. The fourth-order valence-electron chi connectivity index (χ4n) is 2.68. The number of likely N-dealkylation sites (N-methyl/N-ethyl adjacent to an activating group) is 1. The van der Waals surface area contributed by atoms with Crippen LogP contribution in [-0.4, -0.2) is 25.2 Å². The number of hydrogen-bond acceptors (Lipinski definition) is 4. The first-order valence-corrected chi connectivity index (χ1v) is 7.06. The SMILES string of the molecule is COC(=O)C1=C(c2ccccc2)ON(C)C1c1ccccc1. The van der Waals surface area contributed by atoms with Gasteiger partial charge in [0.25, 0.3) is 0 Å². The van der Waals surface area contributed by atoms with Crippen molar-refractivity contribution < 1.29 is 14.4 Å². The second kappa shape index (κ2) is 6.03. The van der Waals surface area contributed by atoms with Crippen molar-refractivity contribution in [3.05, 3.63) is 77.4 Å². The van der Waals surface area contributed by atoms with E-state index in [1.165, 1.54) is 7.11 Å². The Morgan fingerprint density at radius 2 is 1.64 bits per heavy atom. The Labute approximate surface area is 129 Å². The molecule has 2 aromatic carbocycles. The molecular weight excluding hydrogens is 278 g/mol. The van der Waals surface area contributed by atoms with Crippen LogP contribution < -0.4 is 0 Å². The summed E-state index contributed by atoms with van der Waals surface area (Å²) in [5.74, 6) is 0.167. The van der Waals surface area contributed by atoms with Gasteiger partial charge in [0.2, 0.25) is 0 Å². The van der Waals surface area contributed by atoms with Gasteiger partial charge in [-0.05, 0) is 5.56 Å². The maximum atomic E-state index is 12.3. The third-order valence-electron chi connectivity index (χ3n) is 3.67. The number of rotatable bonds is 3. The van der Waals surface area contributed by atoms with Gasteiger partial charge in [0.05, 0.1) is 7.11 Å². The van der Waals surface area contributed by atoms with Crippen molar-refractivity contribution in [3.63, 3.8) is 0 Å². The van der Waals surface area contributed by atoms with Crippen LogP contribution in [0.2, 0.25) is 0 Å². The number of carbonyl (C=O) groups is 1. The standard InChI is InChI=1S/C18H17NO3/c1-19-16(13-9-5-3-6-10-13)15(18(20)21-2)17(22-19)14-11-7-4-8-12-14/h3-12,16H,1-2H3. The summed E-state index contributed by atoms with van der Waals surface area (Å²) in [7, 11) is 3.20. The molecule has 22 heavy (non-hydrogen) atoms. The van der Waals surface area contributed by atoms with Crippen molar-refractivity contribution in [2.24, 2.45) is 0 Å². The van der Waals surface area contributed by atoms with Crippen LogP contribution in [0.3, 0.4) is 0 Å². The third kappa shape index (κ3) is 2.49. The lowest BCUT2D eigenvalue weighted by atomic mass is 9.96. The molecule has 0 saturated carbocycles. The van der Waals surface area contributed by atoms with E-state index in [2.05, 4.69) is 0 Å². The molecule has 1 aliphatic rings. The van der Waals surface area contributed by atoms with Crippen LogP contribution in [0.4, 0.5) is 0 Å². The topological polar surface area (TPSA) is 38.8 Å². The van der Waals surface area contributed by atoms with Gasteiger partial charge in [-0.2, -0.15) is 0 Å². The predicted molar refractivity (Wildman–Crippen MR) is 83.4 cm³/mol. The minimum Gasteiger partial charge on any atom is -0.465 e. The number of hydroxylamine groups is 2. The van der Waals surface area contributed by atoms with Gasteiger partial charge in [-0.25, -0.2) is 4.79 Å². The first-order chi connectivity index (χ1) is 10.7. The van der Waals surface area contributed by atoms with Crippen LogP contribution in [0, 0.1) is 0 Å². The molecule has 112 valence electrons. The van der Waals surface area contributed by atoms with E-state index in [-0.39, 0.29) is 12.0 Å². The average molecular weight is 295 g/mol. The van der Waals surface area contributed by atoms with E-state index in [9.17, 15) is 4.79 Å². The number of carbonyl (C=O) groups excluding carboxylic acids is 1. The van der Waals surface area contributed by atoms with Crippen LogP contribution in [-0.2, 0) is 14.4 Å². The third-order valence-corrected chi connectivity index (χ3v) is 3.67. The van der Waals surface area contributed by atoms with Gasteiger partial charge in [-0.3, -0.25) is 0 Å². The van der Waals surface area contributed by atoms with Gasteiger partial charge in [0.1, 0.15) is 11.6 Å². The van der Waals surface area contributed by atoms with Gasteiger partial charge in [-0.15, -0.1) is 5.06 Å². The van der Waals surface area contributed by atoms with E-state index in [1.54, 1.807) is 5.06 Å². The fourth-order valence-corrected chi connectivity index (χ4v) is 2.68. The summed E-state index contributed by atoms with van der Waals surface area (Å²) in [6.07, 6.45) is 0. The van der Waals surface area contributed by atoms with Crippen LogP contribution in [0.1, 0.15) is 17.2 Å². The number of ether oxygens (including phenoxy) is 1. The number of hydrogen-bond donors (Lipinski definition) is 0. The second-order valence-electron chi connectivity index (χ2n) is 5.05. The number of benzene rings is 2. The summed E-state index contributed by atoms with van der Waals surface area (Å²) in [4.78, 5) is 18.2. The molecule has 1 aliphatic heterocycles. The lowest BCUT2D eigenvalue weighted by Gasteiger charge is -2.19. The zero-order valence-electron chi connectivity index (χ0n) is 12.5. The highest BCUT2D eigenvalue weighted by atomic mass is 16.7. The lowest BCUT2D eigenvalue weighted by Crippen LogP contribution is -2.22. The average Bonchev–Trinajstić information content (AvgIpc) is 2.93. The maximum Gasteiger partial charge on any atom is 0.339 e. The van der Waals surface area contributed by atoms with E-state index < -0.39 is 0 Å². The van der Waals surface area contributed by atoms with E-state index in [0.29, 0.717) is 11.3 Å². The Morgan fingerprint density at radius 3 is 2.23 bits per heavy atom. The van der Waals surface area contributed by atoms with Crippen LogP contribution in [0.15, 0.2) is 66.2 Å². The van der Waals surface area contributed by atoms with E-state index in [0.717, 1.165) is 11.1 Å². The summed E-state index contributed by atoms with van der Waals surface area (Å²) >= 11 is 0. The first kappa shape index (κ1) is 14.4. The Kier molecular flexibility index (Phi) is 3.94. The zero-order valence-corrected chi connectivity index (χ0v) is 12.5. The number of nitrogens with zero attached hydrogens (tertiary/aromatic N) is 1. The highest BCUT2D eigenvalue weighted by Crippen LogP contribution is 2.41. The molecule has 4 nitrogen and oxygen atoms in total. The minimum atomic E-state index is -0.378. The van der Waals surface area contributed by atoms with Gasteiger partial charge in [0, 0.05) is 12.6 Å². The van der Waals surface area contributed by atoms with Crippen LogP contribution in [0.5, 0.6) is 0 Å². The van der Waals surface area contributed by atoms with Crippen LogP contribution in [0.25, 0.3) is 5.76 Å². The second-order valence-corrected chi connectivity index (χ2v) is 5.05. The molecule has 4 heteroatoms. The summed E-state index contributed by atoms with van der Waals surface area (Å²) in [6.45, 7) is 0. The number of esters is 1. The normalized spacial score (nSPS) is 18.2. The van der Waals surface area contributed by atoms with E-state index >= 15 is 0 Å². The molecule has 0 saturated heterocycles.